The summed E-state index contributed by atoms with van der Waals surface area (Å²) < 4.78 is 25.0. The first-order valence-corrected chi connectivity index (χ1v) is 7.64. The Morgan fingerprint density at radius 3 is 2.30 bits per heavy atom. The van der Waals surface area contributed by atoms with Crippen LogP contribution in [0.2, 0.25) is 0 Å². The van der Waals surface area contributed by atoms with E-state index in [2.05, 4.69) is 10.0 Å². The molecular formula is C12H14N2O5S. The standard InChI is InChI=1S/C12H14N2O5S/c15-11(16)7-20(18,19)14-10-3-1-8(2-4-10)12(17)13-9-5-6-9/h1-4,9,14H,5-7H2,(H,13,17)(H,15,16). The van der Waals surface area contributed by atoms with E-state index in [4.69, 9.17) is 5.11 Å². The van der Waals surface area contributed by atoms with Crippen LogP contribution in [0, 0.1) is 0 Å². The smallest absolute Gasteiger partial charge is 0.320 e. The lowest BCUT2D eigenvalue weighted by Crippen LogP contribution is -2.25. The van der Waals surface area contributed by atoms with Crippen LogP contribution in [0.3, 0.4) is 0 Å². The second kappa shape index (κ2) is 5.49. The third-order valence-corrected chi connectivity index (χ3v) is 3.82. The van der Waals surface area contributed by atoms with E-state index >= 15 is 0 Å². The Balaban J connectivity index is 2.00. The van der Waals surface area contributed by atoms with E-state index in [-0.39, 0.29) is 17.6 Å². The number of rotatable bonds is 6. The number of sulfonamides is 1. The van der Waals surface area contributed by atoms with Crippen LogP contribution < -0.4 is 10.0 Å². The molecule has 1 fully saturated rings. The first kappa shape index (κ1) is 14.3. The summed E-state index contributed by atoms with van der Waals surface area (Å²) in [5, 5.41) is 11.3. The summed E-state index contributed by atoms with van der Waals surface area (Å²) in [6.07, 6.45) is 1.97. The average molecular weight is 298 g/mol. The maximum Gasteiger partial charge on any atom is 0.320 e. The number of hydrogen-bond donors (Lipinski definition) is 3. The van der Waals surface area contributed by atoms with E-state index in [1.807, 2.05) is 0 Å². The zero-order chi connectivity index (χ0) is 14.8. The molecule has 0 aliphatic heterocycles. The zero-order valence-electron chi connectivity index (χ0n) is 10.5. The first-order chi connectivity index (χ1) is 9.35. The molecular weight excluding hydrogens is 284 g/mol. The van der Waals surface area contributed by atoms with Crippen molar-refractivity contribution < 1.29 is 23.1 Å². The molecule has 1 aliphatic rings. The van der Waals surface area contributed by atoms with Gasteiger partial charge in [-0.3, -0.25) is 14.3 Å². The highest BCUT2D eigenvalue weighted by molar-refractivity contribution is 7.93. The number of hydrogen-bond acceptors (Lipinski definition) is 4. The minimum Gasteiger partial charge on any atom is -0.480 e. The van der Waals surface area contributed by atoms with Gasteiger partial charge in [0.05, 0.1) is 0 Å². The number of carboxylic acid groups (broad SMARTS) is 1. The molecule has 108 valence electrons. The largest absolute Gasteiger partial charge is 0.480 e. The Hall–Kier alpha value is -2.09. The Morgan fingerprint density at radius 1 is 1.20 bits per heavy atom. The topological polar surface area (TPSA) is 113 Å². The molecule has 3 N–H and O–H groups in total. The van der Waals surface area contributed by atoms with Crippen LogP contribution in [0.5, 0.6) is 0 Å². The fraction of sp³-hybridized carbons (Fsp3) is 0.333. The van der Waals surface area contributed by atoms with Gasteiger partial charge < -0.3 is 10.4 Å². The minimum atomic E-state index is -3.93. The summed E-state index contributed by atoms with van der Waals surface area (Å²) >= 11 is 0. The summed E-state index contributed by atoms with van der Waals surface area (Å²) in [6, 6.07) is 6.05. The number of amides is 1. The molecule has 1 saturated carbocycles. The fourth-order valence-electron chi connectivity index (χ4n) is 1.56. The van der Waals surface area contributed by atoms with Crippen molar-refractivity contribution in [2.75, 3.05) is 10.5 Å². The summed E-state index contributed by atoms with van der Waals surface area (Å²) in [6.45, 7) is 0. The van der Waals surface area contributed by atoms with Crippen LogP contribution in [0.1, 0.15) is 23.2 Å². The first-order valence-electron chi connectivity index (χ1n) is 5.99. The molecule has 7 nitrogen and oxygen atoms in total. The molecule has 0 radical (unpaired) electrons. The maximum atomic E-state index is 11.7. The predicted octanol–water partition coefficient (Wildman–Crippen LogP) is 0.405. The van der Waals surface area contributed by atoms with Gasteiger partial charge in [-0.25, -0.2) is 8.42 Å². The van der Waals surface area contributed by atoms with Gasteiger partial charge in [0.1, 0.15) is 0 Å². The van der Waals surface area contributed by atoms with Gasteiger partial charge >= 0.3 is 5.97 Å². The molecule has 2 rings (SSSR count). The number of nitrogens with one attached hydrogen (secondary N) is 2. The van der Waals surface area contributed by atoms with E-state index in [9.17, 15) is 18.0 Å². The van der Waals surface area contributed by atoms with E-state index in [0.29, 0.717) is 5.56 Å². The molecule has 0 unspecified atom stereocenters. The number of anilines is 1. The molecule has 0 heterocycles. The van der Waals surface area contributed by atoms with Crippen molar-refractivity contribution in [3.05, 3.63) is 29.8 Å². The highest BCUT2D eigenvalue weighted by Gasteiger charge is 2.23. The van der Waals surface area contributed by atoms with Crippen molar-refractivity contribution >= 4 is 27.6 Å². The molecule has 1 amide bonds. The molecule has 1 aliphatic carbocycles. The minimum absolute atomic E-state index is 0.201. The van der Waals surface area contributed by atoms with Crippen LogP contribution in [0.15, 0.2) is 24.3 Å². The van der Waals surface area contributed by atoms with E-state index in [1.165, 1.54) is 24.3 Å². The third-order valence-electron chi connectivity index (χ3n) is 2.65. The van der Waals surface area contributed by atoms with E-state index in [1.54, 1.807) is 0 Å². The molecule has 0 bridgehead atoms. The Morgan fingerprint density at radius 2 is 1.80 bits per heavy atom. The molecule has 1 aromatic rings. The molecule has 0 aromatic heterocycles. The van der Waals surface area contributed by atoms with E-state index < -0.39 is 21.7 Å². The molecule has 0 saturated heterocycles. The summed E-state index contributed by atoms with van der Waals surface area (Å²) in [5.74, 6) is -2.64. The fourth-order valence-corrected chi connectivity index (χ4v) is 2.46. The summed E-state index contributed by atoms with van der Waals surface area (Å²) in [7, 11) is -3.93. The molecule has 0 atom stereocenters. The normalized spacial score (nSPS) is 14.6. The van der Waals surface area contributed by atoms with Crippen molar-refractivity contribution in [3.8, 4) is 0 Å². The van der Waals surface area contributed by atoms with Gasteiger partial charge in [-0.2, -0.15) is 0 Å². The highest BCUT2D eigenvalue weighted by Crippen LogP contribution is 2.19. The second-order valence-electron chi connectivity index (χ2n) is 4.58. The lowest BCUT2D eigenvalue weighted by molar-refractivity contribution is -0.134. The number of carboxylic acids is 1. The van der Waals surface area contributed by atoms with Crippen molar-refractivity contribution in [2.45, 2.75) is 18.9 Å². The number of carbonyl (C=O) groups excluding carboxylic acids is 1. The molecule has 0 spiro atoms. The molecule has 1 aromatic carbocycles. The van der Waals surface area contributed by atoms with Crippen molar-refractivity contribution in [3.63, 3.8) is 0 Å². The lowest BCUT2D eigenvalue weighted by atomic mass is 10.2. The number of benzene rings is 1. The van der Waals surface area contributed by atoms with Crippen molar-refractivity contribution in [1.82, 2.24) is 5.32 Å². The molecule has 20 heavy (non-hydrogen) atoms. The predicted molar refractivity (Wildman–Crippen MR) is 72.0 cm³/mol. The van der Waals surface area contributed by atoms with Crippen molar-refractivity contribution in [1.29, 1.82) is 0 Å². The summed E-state index contributed by atoms with van der Waals surface area (Å²) in [4.78, 5) is 22.1. The number of carbonyl (C=O) groups is 2. The Bertz CT molecular complexity index is 620. The zero-order valence-corrected chi connectivity index (χ0v) is 11.3. The van der Waals surface area contributed by atoms with Crippen LogP contribution in [0.25, 0.3) is 0 Å². The monoisotopic (exact) mass is 298 g/mol. The van der Waals surface area contributed by atoms with Crippen molar-refractivity contribution in [2.24, 2.45) is 0 Å². The van der Waals surface area contributed by atoms with Gasteiger partial charge in [-0.1, -0.05) is 0 Å². The van der Waals surface area contributed by atoms with Crippen LogP contribution in [-0.2, 0) is 14.8 Å². The lowest BCUT2D eigenvalue weighted by Gasteiger charge is -2.07. The summed E-state index contributed by atoms with van der Waals surface area (Å²) in [5.41, 5.74) is 0.646. The van der Waals surface area contributed by atoms with Crippen LogP contribution >= 0.6 is 0 Å². The van der Waals surface area contributed by atoms with Crippen LogP contribution in [0.4, 0.5) is 5.69 Å². The SMILES string of the molecule is O=C(O)CS(=O)(=O)Nc1ccc(C(=O)NC2CC2)cc1. The quantitative estimate of drug-likeness (QED) is 0.704. The van der Waals surface area contributed by atoms with E-state index in [0.717, 1.165) is 12.8 Å². The van der Waals surface area contributed by atoms with Gasteiger partial charge in [0.15, 0.2) is 5.75 Å². The maximum absolute atomic E-state index is 11.7. The Labute approximate surface area is 116 Å². The Kier molecular flexibility index (Phi) is 3.93. The number of aliphatic carboxylic acids is 1. The van der Waals surface area contributed by atoms with Gasteiger partial charge in [-0.15, -0.1) is 0 Å². The highest BCUT2D eigenvalue weighted by atomic mass is 32.2. The van der Waals surface area contributed by atoms with Crippen LogP contribution in [-0.4, -0.2) is 37.2 Å². The second-order valence-corrected chi connectivity index (χ2v) is 6.30. The van der Waals surface area contributed by atoms with Gasteiger partial charge in [0.25, 0.3) is 5.91 Å². The third kappa shape index (κ3) is 4.23. The van der Waals surface area contributed by atoms with Gasteiger partial charge in [-0.05, 0) is 37.1 Å². The van der Waals surface area contributed by atoms with Gasteiger partial charge in [0, 0.05) is 17.3 Å². The average Bonchev–Trinajstić information content (AvgIpc) is 3.11. The van der Waals surface area contributed by atoms with Gasteiger partial charge in [0.2, 0.25) is 10.0 Å². The molecule has 8 heteroatoms.